The summed E-state index contributed by atoms with van der Waals surface area (Å²) in [6.45, 7) is 6.98. The predicted molar refractivity (Wildman–Crippen MR) is 80.6 cm³/mol. The summed E-state index contributed by atoms with van der Waals surface area (Å²) < 4.78 is 0. The fourth-order valence-corrected chi connectivity index (χ4v) is 3.87. The number of hydrogen-bond acceptors (Lipinski definition) is 2. The molecule has 1 N–H and O–H groups in total. The van der Waals surface area contributed by atoms with E-state index in [4.69, 9.17) is 0 Å². The maximum Gasteiger partial charge on any atom is 0.271 e. The summed E-state index contributed by atoms with van der Waals surface area (Å²) in [5.41, 5.74) is 5.00. The Bertz CT molecular complexity index is 562. The van der Waals surface area contributed by atoms with Crippen LogP contribution in [0.3, 0.4) is 0 Å². The van der Waals surface area contributed by atoms with Crippen LogP contribution in [0.2, 0.25) is 0 Å². The first-order valence-corrected chi connectivity index (χ1v) is 7.37. The number of hydrazone groups is 1. The Labute approximate surface area is 120 Å². The van der Waals surface area contributed by atoms with Gasteiger partial charge in [0.25, 0.3) is 5.91 Å². The number of carbonyl (C=O) groups excluding carboxylic acids is 1. The Kier molecular flexibility index (Phi) is 2.96. The van der Waals surface area contributed by atoms with Gasteiger partial charge in [-0.1, -0.05) is 39.0 Å². The molecule has 0 spiro atoms. The van der Waals surface area contributed by atoms with E-state index in [1.54, 1.807) is 0 Å². The lowest BCUT2D eigenvalue weighted by Crippen LogP contribution is -2.34. The predicted octanol–water partition coefficient (Wildman–Crippen LogP) is 3.62. The number of benzene rings is 1. The second-order valence-electron chi connectivity index (χ2n) is 6.86. The smallest absolute Gasteiger partial charge is 0.267 e. The molecule has 2 aliphatic carbocycles. The van der Waals surface area contributed by atoms with E-state index in [-0.39, 0.29) is 11.3 Å². The summed E-state index contributed by atoms with van der Waals surface area (Å²) in [7, 11) is 0. The van der Waals surface area contributed by atoms with E-state index in [1.807, 2.05) is 30.3 Å². The van der Waals surface area contributed by atoms with Gasteiger partial charge in [-0.3, -0.25) is 4.79 Å². The molecule has 0 saturated heterocycles. The molecule has 2 unspecified atom stereocenters. The first-order chi connectivity index (χ1) is 9.45. The summed E-state index contributed by atoms with van der Waals surface area (Å²) in [6, 6.07) is 9.25. The topological polar surface area (TPSA) is 41.5 Å². The minimum atomic E-state index is -0.123. The number of rotatable bonds is 2. The third-order valence-electron chi connectivity index (χ3n) is 5.84. The van der Waals surface area contributed by atoms with Gasteiger partial charge in [0.2, 0.25) is 0 Å². The van der Waals surface area contributed by atoms with Crippen LogP contribution < -0.4 is 5.43 Å². The Balaban J connectivity index is 1.77. The Morgan fingerprint density at radius 3 is 2.50 bits per heavy atom. The van der Waals surface area contributed by atoms with Gasteiger partial charge in [0.1, 0.15) is 0 Å². The molecule has 0 aromatic heterocycles. The number of hydrogen-bond donors (Lipinski definition) is 1. The molecule has 0 radical (unpaired) electrons. The van der Waals surface area contributed by atoms with Crippen molar-refractivity contribution in [2.75, 3.05) is 0 Å². The highest BCUT2D eigenvalue weighted by Gasteiger charge is 2.59. The van der Waals surface area contributed by atoms with Crippen molar-refractivity contribution in [3.8, 4) is 0 Å². The molecule has 2 atom stereocenters. The number of carbonyl (C=O) groups is 1. The normalized spacial score (nSPS) is 32.5. The van der Waals surface area contributed by atoms with Crippen LogP contribution in [0.25, 0.3) is 0 Å². The van der Waals surface area contributed by atoms with E-state index >= 15 is 0 Å². The molecule has 0 heterocycles. The molecule has 2 fully saturated rings. The fraction of sp³-hybridized carbons (Fsp3) is 0.529. The van der Waals surface area contributed by atoms with Crippen LogP contribution in [0.4, 0.5) is 0 Å². The fourth-order valence-electron chi connectivity index (χ4n) is 3.87. The second-order valence-corrected chi connectivity index (χ2v) is 6.86. The Morgan fingerprint density at radius 2 is 1.95 bits per heavy atom. The van der Waals surface area contributed by atoms with Crippen LogP contribution in [-0.4, -0.2) is 11.6 Å². The number of fused-ring (bicyclic) bond motifs is 2. The van der Waals surface area contributed by atoms with Gasteiger partial charge in [-0.15, -0.1) is 0 Å². The monoisotopic (exact) mass is 270 g/mol. The molecular weight excluding hydrogens is 248 g/mol. The van der Waals surface area contributed by atoms with Crippen LogP contribution in [-0.2, 0) is 0 Å². The van der Waals surface area contributed by atoms with Crippen LogP contribution >= 0.6 is 0 Å². The van der Waals surface area contributed by atoms with Gasteiger partial charge in [-0.2, -0.15) is 5.10 Å². The summed E-state index contributed by atoms with van der Waals surface area (Å²) in [4.78, 5) is 12.1. The summed E-state index contributed by atoms with van der Waals surface area (Å²) in [5, 5.41) is 4.47. The highest BCUT2D eigenvalue weighted by molar-refractivity contribution is 5.98. The first kappa shape index (κ1) is 13.3. The van der Waals surface area contributed by atoms with Crippen LogP contribution in [0.5, 0.6) is 0 Å². The van der Waals surface area contributed by atoms with Crippen molar-refractivity contribution < 1.29 is 4.79 Å². The molecule has 106 valence electrons. The molecule has 3 rings (SSSR count). The molecule has 2 saturated carbocycles. The third kappa shape index (κ3) is 1.80. The van der Waals surface area contributed by atoms with Gasteiger partial charge >= 0.3 is 0 Å². The summed E-state index contributed by atoms with van der Waals surface area (Å²) >= 11 is 0. The molecule has 3 nitrogen and oxygen atoms in total. The van der Waals surface area contributed by atoms with Gasteiger partial charge in [-0.05, 0) is 42.7 Å². The SMILES string of the molecule is CC12CCC(CC1=NNC(=O)c1ccccc1)C2(C)C. The molecule has 0 aliphatic heterocycles. The number of amides is 1. The van der Waals surface area contributed by atoms with Crippen molar-refractivity contribution >= 4 is 11.6 Å². The molecule has 1 aromatic carbocycles. The maximum absolute atomic E-state index is 12.1. The minimum absolute atomic E-state index is 0.123. The zero-order valence-corrected chi connectivity index (χ0v) is 12.4. The van der Waals surface area contributed by atoms with Gasteiger partial charge in [-0.25, -0.2) is 5.43 Å². The largest absolute Gasteiger partial charge is 0.271 e. The molecule has 3 heteroatoms. The van der Waals surface area contributed by atoms with E-state index < -0.39 is 0 Å². The average Bonchev–Trinajstić information content (AvgIpc) is 2.78. The maximum atomic E-state index is 12.1. The molecular formula is C17H22N2O. The van der Waals surface area contributed by atoms with E-state index in [0.717, 1.165) is 6.42 Å². The first-order valence-electron chi connectivity index (χ1n) is 7.37. The standard InChI is InChI=1S/C17H22N2O/c1-16(2)13-9-10-17(16,3)14(11-13)18-19-15(20)12-7-5-4-6-8-12/h4-8,13H,9-11H2,1-3H3,(H,19,20). The number of nitrogens with zero attached hydrogens (tertiary/aromatic N) is 1. The third-order valence-corrected chi connectivity index (χ3v) is 5.84. The lowest BCUT2D eigenvalue weighted by Gasteiger charge is -2.34. The second kappa shape index (κ2) is 4.44. The van der Waals surface area contributed by atoms with Crippen molar-refractivity contribution in [1.82, 2.24) is 5.43 Å². The van der Waals surface area contributed by atoms with E-state index in [9.17, 15) is 4.79 Å². The van der Waals surface area contributed by atoms with Crippen molar-refractivity contribution in [3.63, 3.8) is 0 Å². The van der Waals surface area contributed by atoms with E-state index in [0.29, 0.717) is 16.9 Å². The van der Waals surface area contributed by atoms with Crippen LogP contribution in [0.15, 0.2) is 35.4 Å². The number of nitrogens with one attached hydrogen (secondary N) is 1. The molecule has 2 aliphatic rings. The van der Waals surface area contributed by atoms with Crippen LogP contribution in [0, 0.1) is 16.7 Å². The van der Waals surface area contributed by atoms with Gasteiger partial charge in [0, 0.05) is 16.7 Å². The van der Waals surface area contributed by atoms with E-state index in [2.05, 4.69) is 31.3 Å². The molecule has 1 amide bonds. The van der Waals surface area contributed by atoms with Gasteiger partial charge in [0.05, 0.1) is 0 Å². The zero-order chi connectivity index (χ0) is 14.4. The van der Waals surface area contributed by atoms with Crippen molar-refractivity contribution in [2.24, 2.45) is 21.8 Å². The minimum Gasteiger partial charge on any atom is -0.267 e. The molecule has 1 aromatic rings. The Hall–Kier alpha value is -1.64. The van der Waals surface area contributed by atoms with E-state index in [1.165, 1.54) is 18.6 Å². The highest BCUT2D eigenvalue weighted by atomic mass is 16.2. The lowest BCUT2D eigenvalue weighted by atomic mass is 9.70. The summed E-state index contributed by atoms with van der Waals surface area (Å²) in [5.74, 6) is 0.585. The van der Waals surface area contributed by atoms with Gasteiger partial charge in [0.15, 0.2) is 0 Å². The molecule has 20 heavy (non-hydrogen) atoms. The Morgan fingerprint density at radius 1 is 1.25 bits per heavy atom. The highest BCUT2D eigenvalue weighted by Crippen LogP contribution is 2.63. The van der Waals surface area contributed by atoms with Crippen molar-refractivity contribution in [2.45, 2.75) is 40.0 Å². The lowest BCUT2D eigenvalue weighted by molar-refractivity contribution is 0.0954. The average molecular weight is 270 g/mol. The summed E-state index contributed by atoms with van der Waals surface area (Å²) in [6.07, 6.45) is 3.50. The molecule has 2 bridgehead atoms. The van der Waals surface area contributed by atoms with Crippen molar-refractivity contribution in [1.29, 1.82) is 0 Å². The van der Waals surface area contributed by atoms with Crippen LogP contribution in [0.1, 0.15) is 50.4 Å². The zero-order valence-electron chi connectivity index (χ0n) is 12.4. The van der Waals surface area contributed by atoms with Gasteiger partial charge < -0.3 is 0 Å². The quantitative estimate of drug-likeness (QED) is 0.819. The van der Waals surface area contributed by atoms with Crippen molar-refractivity contribution in [3.05, 3.63) is 35.9 Å².